The van der Waals surface area contributed by atoms with Crippen LogP contribution in [0.15, 0.2) is 28.7 Å². The quantitative estimate of drug-likeness (QED) is 0.847. The van der Waals surface area contributed by atoms with E-state index in [1.54, 1.807) is 7.11 Å². The topological polar surface area (TPSA) is 63.5 Å². The molecule has 1 atom stereocenters. The summed E-state index contributed by atoms with van der Waals surface area (Å²) in [5, 5.41) is 6.90. The Hall–Kier alpha value is -2.01. The van der Waals surface area contributed by atoms with Crippen LogP contribution in [0.2, 0.25) is 0 Å². The summed E-state index contributed by atoms with van der Waals surface area (Å²) in [5.41, 5.74) is 0.734. The smallest absolute Gasteiger partial charge is 0.236 e. The molecule has 1 aromatic heterocycles. The van der Waals surface area contributed by atoms with Crippen LogP contribution in [0.1, 0.15) is 19.6 Å². The van der Waals surface area contributed by atoms with Gasteiger partial charge in [-0.1, -0.05) is 12.1 Å². The molecule has 0 radical (unpaired) electrons. The number of rotatable bonds is 6. The van der Waals surface area contributed by atoms with Crippen LogP contribution in [0.25, 0.3) is 11.0 Å². The minimum Gasteiger partial charge on any atom is -0.493 e. The SMILES string of the molecule is CCNC(=O)C(C)NCc1cc2cccc(OC)c2o1. The van der Waals surface area contributed by atoms with Gasteiger partial charge in [0, 0.05) is 11.9 Å². The number of ether oxygens (including phenoxy) is 1. The molecule has 0 saturated carbocycles. The number of benzene rings is 1. The fraction of sp³-hybridized carbons (Fsp3) is 0.400. The minimum absolute atomic E-state index is 0.0128. The average Bonchev–Trinajstić information content (AvgIpc) is 2.87. The minimum atomic E-state index is -0.259. The summed E-state index contributed by atoms with van der Waals surface area (Å²) in [7, 11) is 1.62. The molecule has 2 rings (SSSR count). The van der Waals surface area contributed by atoms with Gasteiger partial charge in [-0.25, -0.2) is 0 Å². The summed E-state index contributed by atoms with van der Waals surface area (Å²) in [5.74, 6) is 1.48. The number of carbonyl (C=O) groups is 1. The molecular formula is C15H20N2O3. The summed E-state index contributed by atoms with van der Waals surface area (Å²) in [4.78, 5) is 11.6. The molecule has 108 valence electrons. The van der Waals surface area contributed by atoms with Gasteiger partial charge in [0.05, 0.1) is 19.7 Å². The van der Waals surface area contributed by atoms with Crippen molar-refractivity contribution >= 4 is 16.9 Å². The zero-order chi connectivity index (χ0) is 14.5. The van der Waals surface area contributed by atoms with Gasteiger partial charge in [-0.2, -0.15) is 0 Å². The third-order valence-electron chi connectivity index (χ3n) is 3.11. The molecule has 5 nitrogen and oxygen atoms in total. The Kier molecular flexibility index (Phi) is 4.63. The van der Waals surface area contributed by atoms with Crippen molar-refractivity contribution < 1.29 is 13.9 Å². The lowest BCUT2D eigenvalue weighted by Crippen LogP contribution is -2.41. The van der Waals surface area contributed by atoms with Gasteiger partial charge in [-0.15, -0.1) is 0 Å². The fourth-order valence-electron chi connectivity index (χ4n) is 2.01. The average molecular weight is 276 g/mol. The van der Waals surface area contributed by atoms with E-state index in [1.165, 1.54) is 0 Å². The number of nitrogens with one attached hydrogen (secondary N) is 2. The lowest BCUT2D eigenvalue weighted by atomic mass is 10.2. The predicted octanol–water partition coefficient (Wildman–Crippen LogP) is 2.06. The van der Waals surface area contributed by atoms with Crippen molar-refractivity contribution in [3.63, 3.8) is 0 Å². The molecule has 20 heavy (non-hydrogen) atoms. The van der Waals surface area contributed by atoms with Crippen molar-refractivity contribution in [2.75, 3.05) is 13.7 Å². The largest absolute Gasteiger partial charge is 0.493 e. The molecule has 0 aliphatic carbocycles. The zero-order valence-corrected chi connectivity index (χ0v) is 12.0. The van der Waals surface area contributed by atoms with Gasteiger partial charge >= 0.3 is 0 Å². The van der Waals surface area contributed by atoms with E-state index in [0.717, 1.165) is 16.7 Å². The number of hydrogen-bond donors (Lipinski definition) is 2. The summed E-state index contributed by atoms with van der Waals surface area (Å²) in [6.45, 7) is 4.85. The first-order valence-corrected chi connectivity index (χ1v) is 6.72. The fourth-order valence-corrected chi connectivity index (χ4v) is 2.01. The highest BCUT2D eigenvalue weighted by Gasteiger charge is 2.13. The van der Waals surface area contributed by atoms with E-state index in [2.05, 4.69) is 10.6 Å². The number of hydrogen-bond acceptors (Lipinski definition) is 4. The van der Waals surface area contributed by atoms with E-state index in [9.17, 15) is 4.79 Å². The van der Waals surface area contributed by atoms with Crippen LogP contribution >= 0.6 is 0 Å². The molecule has 1 unspecified atom stereocenters. The van der Waals surface area contributed by atoms with E-state index in [-0.39, 0.29) is 11.9 Å². The molecule has 1 amide bonds. The molecular weight excluding hydrogens is 256 g/mol. The van der Waals surface area contributed by atoms with Crippen molar-refractivity contribution in [3.05, 3.63) is 30.0 Å². The van der Waals surface area contributed by atoms with Crippen LogP contribution < -0.4 is 15.4 Å². The molecule has 0 aliphatic rings. The predicted molar refractivity (Wildman–Crippen MR) is 77.8 cm³/mol. The van der Waals surface area contributed by atoms with E-state index in [4.69, 9.17) is 9.15 Å². The van der Waals surface area contributed by atoms with Crippen LogP contribution in [0.4, 0.5) is 0 Å². The summed E-state index contributed by atoms with van der Waals surface area (Å²) in [6, 6.07) is 7.45. The maximum absolute atomic E-state index is 11.6. The third-order valence-corrected chi connectivity index (χ3v) is 3.11. The first kappa shape index (κ1) is 14.4. The Labute approximate surface area is 118 Å². The van der Waals surface area contributed by atoms with Crippen molar-refractivity contribution in [1.29, 1.82) is 0 Å². The number of carbonyl (C=O) groups excluding carboxylic acids is 1. The normalized spacial score (nSPS) is 12.3. The Bertz CT molecular complexity index is 592. The second-order valence-corrected chi connectivity index (χ2v) is 4.59. The van der Waals surface area contributed by atoms with Crippen molar-refractivity contribution in [3.8, 4) is 5.75 Å². The van der Waals surface area contributed by atoms with Gasteiger partial charge < -0.3 is 14.5 Å². The monoisotopic (exact) mass is 276 g/mol. The maximum atomic E-state index is 11.6. The molecule has 0 bridgehead atoms. The first-order chi connectivity index (χ1) is 9.65. The highest BCUT2D eigenvalue weighted by atomic mass is 16.5. The van der Waals surface area contributed by atoms with Crippen LogP contribution in [0.5, 0.6) is 5.75 Å². The molecule has 1 aromatic carbocycles. The standard InChI is InChI=1S/C15H20N2O3/c1-4-16-15(18)10(2)17-9-12-8-11-6-5-7-13(19-3)14(11)20-12/h5-8,10,17H,4,9H2,1-3H3,(H,16,18). The zero-order valence-electron chi connectivity index (χ0n) is 12.0. The Balaban J connectivity index is 2.05. The second-order valence-electron chi connectivity index (χ2n) is 4.59. The molecule has 1 heterocycles. The molecule has 0 aliphatic heterocycles. The van der Waals surface area contributed by atoms with Crippen LogP contribution in [0.3, 0.4) is 0 Å². The van der Waals surface area contributed by atoms with Crippen molar-refractivity contribution in [1.82, 2.24) is 10.6 Å². The van der Waals surface area contributed by atoms with Crippen LogP contribution in [-0.4, -0.2) is 25.6 Å². The van der Waals surface area contributed by atoms with Gasteiger partial charge in [0.2, 0.25) is 5.91 Å². The van der Waals surface area contributed by atoms with Crippen LogP contribution in [-0.2, 0) is 11.3 Å². The van der Waals surface area contributed by atoms with Gasteiger partial charge in [0.25, 0.3) is 0 Å². The number of methoxy groups -OCH3 is 1. The third kappa shape index (κ3) is 3.11. The molecule has 0 fully saturated rings. The highest BCUT2D eigenvalue weighted by molar-refractivity contribution is 5.84. The molecule has 2 N–H and O–H groups in total. The van der Waals surface area contributed by atoms with Gasteiger partial charge in [0.1, 0.15) is 5.76 Å². The Morgan fingerprint density at radius 1 is 1.45 bits per heavy atom. The lowest BCUT2D eigenvalue weighted by Gasteiger charge is -2.11. The van der Waals surface area contributed by atoms with Gasteiger partial charge in [-0.3, -0.25) is 10.1 Å². The first-order valence-electron chi connectivity index (χ1n) is 6.72. The van der Waals surface area contributed by atoms with Crippen molar-refractivity contribution in [2.24, 2.45) is 0 Å². The molecule has 5 heteroatoms. The Morgan fingerprint density at radius 3 is 2.95 bits per heavy atom. The lowest BCUT2D eigenvalue weighted by molar-refractivity contribution is -0.122. The van der Waals surface area contributed by atoms with Gasteiger partial charge in [0.15, 0.2) is 11.3 Å². The second kappa shape index (κ2) is 6.43. The number of likely N-dealkylation sites (N-methyl/N-ethyl adjacent to an activating group) is 1. The van der Waals surface area contributed by atoms with Crippen LogP contribution in [0, 0.1) is 0 Å². The van der Waals surface area contributed by atoms with E-state index in [1.807, 2.05) is 38.1 Å². The molecule has 0 spiro atoms. The number of fused-ring (bicyclic) bond motifs is 1. The van der Waals surface area contributed by atoms with E-state index >= 15 is 0 Å². The summed E-state index contributed by atoms with van der Waals surface area (Å²) in [6.07, 6.45) is 0. The molecule has 2 aromatic rings. The maximum Gasteiger partial charge on any atom is 0.236 e. The Morgan fingerprint density at radius 2 is 2.25 bits per heavy atom. The highest BCUT2D eigenvalue weighted by Crippen LogP contribution is 2.28. The van der Waals surface area contributed by atoms with Crippen molar-refractivity contribution in [2.45, 2.75) is 26.4 Å². The van der Waals surface area contributed by atoms with E-state index in [0.29, 0.717) is 18.8 Å². The van der Waals surface area contributed by atoms with E-state index < -0.39 is 0 Å². The molecule has 0 saturated heterocycles. The number of amides is 1. The number of furan rings is 1. The summed E-state index contributed by atoms with van der Waals surface area (Å²) >= 11 is 0. The summed E-state index contributed by atoms with van der Waals surface area (Å²) < 4.78 is 11.0. The van der Waals surface area contributed by atoms with Gasteiger partial charge in [-0.05, 0) is 26.0 Å². The number of para-hydroxylation sites is 1.